The molecular weight excluding hydrogens is 336 g/mol. The number of furan rings is 1. The fourth-order valence-electron chi connectivity index (χ4n) is 3.64. The molecule has 4 heterocycles. The number of rotatable bonds is 4. The number of nitrogens with zero attached hydrogens (tertiary/aromatic N) is 4. The maximum absolute atomic E-state index is 12.6. The Morgan fingerprint density at radius 3 is 2.73 bits per heavy atom. The van der Waals surface area contributed by atoms with Crippen molar-refractivity contribution in [3.8, 4) is 0 Å². The van der Waals surface area contributed by atoms with Crippen LogP contribution in [0.25, 0.3) is 0 Å². The molecule has 0 saturated carbocycles. The fraction of sp³-hybridized carbons (Fsp3) is 0.556. The van der Waals surface area contributed by atoms with Crippen molar-refractivity contribution >= 4 is 11.8 Å². The molecule has 8 nitrogen and oxygen atoms in total. The minimum Gasteiger partial charge on any atom is -0.459 e. The number of hydrogen-bond acceptors (Lipinski definition) is 6. The van der Waals surface area contributed by atoms with Crippen molar-refractivity contribution in [3.05, 3.63) is 35.4 Å². The van der Waals surface area contributed by atoms with Crippen LogP contribution in [0, 0.1) is 6.92 Å². The quantitative estimate of drug-likeness (QED) is 0.829. The zero-order chi connectivity index (χ0) is 18.4. The molecule has 138 valence electrons. The van der Waals surface area contributed by atoms with E-state index in [2.05, 4.69) is 10.1 Å². The molecule has 2 saturated heterocycles. The van der Waals surface area contributed by atoms with E-state index in [1.54, 1.807) is 18.1 Å². The average molecular weight is 358 g/mol. The van der Waals surface area contributed by atoms with E-state index in [0.717, 1.165) is 5.56 Å². The monoisotopic (exact) mass is 358 g/mol. The van der Waals surface area contributed by atoms with Crippen LogP contribution in [0.4, 0.5) is 0 Å². The smallest absolute Gasteiger partial charge is 0.289 e. The molecule has 2 fully saturated rings. The topological polar surface area (TPSA) is 92.7 Å². The summed E-state index contributed by atoms with van der Waals surface area (Å²) in [4.78, 5) is 32.8. The van der Waals surface area contributed by atoms with Crippen LogP contribution in [-0.2, 0) is 4.79 Å². The Morgan fingerprint density at radius 1 is 1.31 bits per heavy atom. The number of aryl methyl sites for hydroxylation is 1. The summed E-state index contributed by atoms with van der Waals surface area (Å²) in [7, 11) is 0. The number of likely N-dealkylation sites (tertiary alicyclic amines) is 2. The molecule has 2 amide bonds. The summed E-state index contributed by atoms with van der Waals surface area (Å²) in [6, 6.07) is 1.88. The molecule has 2 aliphatic rings. The molecular formula is C18H22N4O4. The summed E-state index contributed by atoms with van der Waals surface area (Å²) in [6.45, 7) is 7.44. The third-order valence-electron chi connectivity index (χ3n) is 5.15. The van der Waals surface area contributed by atoms with Crippen LogP contribution < -0.4 is 0 Å². The van der Waals surface area contributed by atoms with Crippen molar-refractivity contribution < 1.29 is 18.5 Å². The van der Waals surface area contributed by atoms with Gasteiger partial charge in [-0.2, -0.15) is 4.98 Å². The summed E-state index contributed by atoms with van der Waals surface area (Å²) in [5.74, 6) is 1.63. The summed E-state index contributed by atoms with van der Waals surface area (Å²) in [5.41, 5.74) is 0.919. The van der Waals surface area contributed by atoms with E-state index in [0.29, 0.717) is 43.5 Å². The van der Waals surface area contributed by atoms with Crippen molar-refractivity contribution in [2.24, 2.45) is 0 Å². The molecule has 2 aliphatic heterocycles. The molecule has 2 aromatic rings. The summed E-state index contributed by atoms with van der Waals surface area (Å²) < 4.78 is 10.6. The lowest BCUT2D eigenvalue weighted by molar-refractivity contribution is -0.132. The van der Waals surface area contributed by atoms with Crippen LogP contribution in [0.3, 0.4) is 0 Å². The Balaban J connectivity index is 1.38. The Hall–Kier alpha value is -2.64. The fourth-order valence-corrected chi connectivity index (χ4v) is 3.64. The lowest BCUT2D eigenvalue weighted by atomic mass is 10.0. The SMILES string of the molecule is Cc1noc(C2CC(=O)N(C3CN(C(=O)c4occc4C(C)C)C3)C2)n1. The van der Waals surface area contributed by atoms with Crippen LogP contribution in [0.15, 0.2) is 21.3 Å². The van der Waals surface area contributed by atoms with Crippen LogP contribution in [0.5, 0.6) is 0 Å². The second kappa shape index (κ2) is 6.26. The Bertz CT molecular complexity index is 834. The Morgan fingerprint density at radius 2 is 2.08 bits per heavy atom. The van der Waals surface area contributed by atoms with Crippen LogP contribution in [-0.4, -0.2) is 57.4 Å². The Kier molecular flexibility index (Phi) is 4.05. The van der Waals surface area contributed by atoms with Gasteiger partial charge in [0, 0.05) is 31.6 Å². The van der Waals surface area contributed by atoms with E-state index in [1.807, 2.05) is 24.8 Å². The second-order valence-corrected chi connectivity index (χ2v) is 7.35. The van der Waals surface area contributed by atoms with Crippen LogP contribution in [0.2, 0.25) is 0 Å². The summed E-state index contributed by atoms with van der Waals surface area (Å²) in [6.07, 6.45) is 1.93. The number of aromatic nitrogens is 2. The molecule has 2 aromatic heterocycles. The maximum Gasteiger partial charge on any atom is 0.289 e. The van der Waals surface area contributed by atoms with Crippen LogP contribution >= 0.6 is 0 Å². The van der Waals surface area contributed by atoms with Gasteiger partial charge in [-0.25, -0.2) is 0 Å². The molecule has 4 rings (SSSR count). The van der Waals surface area contributed by atoms with E-state index in [4.69, 9.17) is 8.94 Å². The number of carbonyl (C=O) groups excluding carboxylic acids is 2. The average Bonchev–Trinajstić information content (AvgIpc) is 3.25. The highest BCUT2D eigenvalue weighted by Gasteiger charge is 2.44. The van der Waals surface area contributed by atoms with Gasteiger partial charge in [-0.1, -0.05) is 19.0 Å². The first-order valence-corrected chi connectivity index (χ1v) is 8.90. The lowest BCUT2D eigenvalue weighted by Crippen LogP contribution is -2.61. The van der Waals surface area contributed by atoms with E-state index >= 15 is 0 Å². The van der Waals surface area contributed by atoms with E-state index in [9.17, 15) is 9.59 Å². The van der Waals surface area contributed by atoms with E-state index in [-0.39, 0.29) is 29.7 Å². The van der Waals surface area contributed by atoms with Gasteiger partial charge in [-0.05, 0) is 18.9 Å². The molecule has 1 atom stereocenters. The highest BCUT2D eigenvalue weighted by atomic mass is 16.5. The lowest BCUT2D eigenvalue weighted by Gasteiger charge is -2.43. The van der Waals surface area contributed by atoms with Gasteiger partial charge in [0.1, 0.15) is 0 Å². The number of hydrogen-bond donors (Lipinski definition) is 0. The molecule has 1 unspecified atom stereocenters. The first-order chi connectivity index (χ1) is 12.4. The molecule has 0 radical (unpaired) electrons. The molecule has 8 heteroatoms. The zero-order valence-corrected chi connectivity index (χ0v) is 15.1. The summed E-state index contributed by atoms with van der Waals surface area (Å²) >= 11 is 0. The van der Waals surface area contributed by atoms with Gasteiger partial charge >= 0.3 is 0 Å². The minimum absolute atomic E-state index is 0.0398. The number of carbonyl (C=O) groups is 2. The van der Waals surface area contributed by atoms with E-state index in [1.165, 1.54) is 0 Å². The normalized spacial score (nSPS) is 20.9. The highest BCUT2D eigenvalue weighted by molar-refractivity contribution is 5.94. The standard InChI is InChI=1S/C18H22N4O4/c1-10(2)14-4-5-25-16(14)18(24)21-8-13(9-21)22-7-12(6-15(22)23)17-19-11(3)20-26-17/h4-5,10,12-13H,6-9H2,1-3H3. The van der Waals surface area contributed by atoms with Crippen molar-refractivity contribution in [2.75, 3.05) is 19.6 Å². The van der Waals surface area contributed by atoms with E-state index < -0.39 is 0 Å². The molecule has 0 aromatic carbocycles. The van der Waals surface area contributed by atoms with Gasteiger partial charge in [0.2, 0.25) is 11.8 Å². The minimum atomic E-state index is -0.106. The van der Waals surface area contributed by atoms with Crippen molar-refractivity contribution in [1.82, 2.24) is 19.9 Å². The zero-order valence-electron chi connectivity index (χ0n) is 15.1. The van der Waals surface area contributed by atoms with Crippen LogP contribution in [0.1, 0.15) is 59.9 Å². The molecule has 0 bridgehead atoms. The molecule has 0 spiro atoms. The van der Waals surface area contributed by atoms with Crippen molar-refractivity contribution in [3.63, 3.8) is 0 Å². The summed E-state index contributed by atoms with van der Waals surface area (Å²) in [5, 5.41) is 3.80. The first kappa shape index (κ1) is 16.8. The predicted molar refractivity (Wildman–Crippen MR) is 90.6 cm³/mol. The Labute approximate surface area is 151 Å². The third kappa shape index (κ3) is 2.79. The van der Waals surface area contributed by atoms with Gasteiger partial charge in [0.05, 0.1) is 18.2 Å². The van der Waals surface area contributed by atoms with Gasteiger partial charge in [0.15, 0.2) is 11.6 Å². The van der Waals surface area contributed by atoms with Gasteiger partial charge < -0.3 is 18.7 Å². The largest absolute Gasteiger partial charge is 0.459 e. The third-order valence-corrected chi connectivity index (χ3v) is 5.15. The molecule has 26 heavy (non-hydrogen) atoms. The second-order valence-electron chi connectivity index (χ2n) is 7.35. The highest BCUT2D eigenvalue weighted by Crippen LogP contribution is 2.32. The molecule has 0 aliphatic carbocycles. The first-order valence-electron chi connectivity index (χ1n) is 8.90. The predicted octanol–water partition coefficient (Wildman–Crippen LogP) is 1.93. The van der Waals surface area contributed by atoms with Crippen molar-refractivity contribution in [1.29, 1.82) is 0 Å². The van der Waals surface area contributed by atoms with Gasteiger partial charge in [0.25, 0.3) is 5.91 Å². The van der Waals surface area contributed by atoms with Gasteiger partial charge in [-0.15, -0.1) is 0 Å². The number of amides is 2. The molecule has 0 N–H and O–H groups in total. The van der Waals surface area contributed by atoms with Crippen molar-refractivity contribution in [2.45, 2.75) is 45.1 Å². The maximum atomic E-state index is 12.6. The van der Waals surface area contributed by atoms with Gasteiger partial charge in [-0.3, -0.25) is 9.59 Å².